The van der Waals surface area contributed by atoms with E-state index >= 15 is 0 Å². The van der Waals surface area contributed by atoms with Crippen LogP contribution in [0.25, 0.3) is 0 Å². The SMILES string of the molecule is Cn1nc(CO)cc1C(=O)OC(C)(C)CCS(=O)(=O)Cl. The van der Waals surface area contributed by atoms with Crippen LogP contribution < -0.4 is 0 Å². The molecule has 0 aliphatic carbocycles. The van der Waals surface area contributed by atoms with E-state index in [1.54, 1.807) is 20.9 Å². The van der Waals surface area contributed by atoms with E-state index in [2.05, 4.69) is 5.10 Å². The summed E-state index contributed by atoms with van der Waals surface area (Å²) in [5.74, 6) is -0.932. The fourth-order valence-electron chi connectivity index (χ4n) is 1.52. The summed E-state index contributed by atoms with van der Waals surface area (Å²) < 4.78 is 28.4. The van der Waals surface area contributed by atoms with E-state index in [4.69, 9.17) is 20.5 Å². The number of rotatable bonds is 6. The van der Waals surface area contributed by atoms with Crippen LogP contribution in [0.5, 0.6) is 0 Å². The van der Waals surface area contributed by atoms with Crippen LogP contribution in [0.15, 0.2) is 6.07 Å². The second-order valence-corrected chi connectivity index (χ2v) is 7.84. The minimum Gasteiger partial charge on any atom is -0.455 e. The van der Waals surface area contributed by atoms with Gasteiger partial charge in [0.1, 0.15) is 11.3 Å². The normalized spacial score (nSPS) is 12.4. The Hall–Kier alpha value is -1.12. The Labute approximate surface area is 121 Å². The van der Waals surface area contributed by atoms with Gasteiger partial charge in [-0.15, -0.1) is 0 Å². The highest BCUT2D eigenvalue weighted by Crippen LogP contribution is 2.19. The van der Waals surface area contributed by atoms with Gasteiger partial charge in [0, 0.05) is 24.2 Å². The van der Waals surface area contributed by atoms with E-state index in [9.17, 15) is 13.2 Å². The zero-order valence-corrected chi connectivity index (χ0v) is 13.0. The van der Waals surface area contributed by atoms with E-state index in [1.165, 1.54) is 10.7 Å². The lowest BCUT2D eigenvalue weighted by atomic mass is 10.1. The van der Waals surface area contributed by atoms with Crippen molar-refractivity contribution in [3.63, 3.8) is 0 Å². The van der Waals surface area contributed by atoms with Gasteiger partial charge in [-0.3, -0.25) is 4.68 Å². The molecule has 9 heteroatoms. The molecule has 0 spiro atoms. The Morgan fingerprint density at radius 3 is 2.60 bits per heavy atom. The molecule has 0 aliphatic rings. The lowest BCUT2D eigenvalue weighted by molar-refractivity contribution is -0.00323. The van der Waals surface area contributed by atoms with Crippen LogP contribution in [0.3, 0.4) is 0 Å². The molecule has 0 fully saturated rings. The maximum absolute atomic E-state index is 12.0. The average Bonchev–Trinajstić information content (AvgIpc) is 2.67. The number of aliphatic hydroxyl groups excluding tert-OH is 1. The fraction of sp³-hybridized carbons (Fsp3) is 0.636. The van der Waals surface area contributed by atoms with Gasteiger partial charge in [-0.25, -0.2) is 13.2 Å². The third-order valence-electron chi connectivity index (χ3n) is 2.62. The van der Waals surface area contributed by atoms with Gasteiger partial charge in [-0.1, -0.05) is 0 Å². The molecule has 0 amide bonds. The van der Waals surface area contributed by atoms with E-state index in [0.717, 1.165) is 0 Å². The van der Waals surface area contributed by atoms with Gasteiger partial charge in [-0.05, 0) is 19.9 Å². The average molecular weight is 325 g/mol. The molecule has 0 saturated carbocycles. The summed E-state index contributed by atoms with van der Waals surface area (Å²) in [6.07, 6.45) is 0.0787. The largest absolute Gasteiger partial charge is 0.455 e. The molecule has 20 heavy (non-hydrogen) atoms. The Bertz CT molecular complexity index is 594. The van der Waals surface area contributed by atoms with Gasteiger partial charge in [0.15, 0.2) is 0 Å². The van der Waals surface area contributed by atoms with Crippen LogP contribution in [-0.2, 0) is 27.4 Å². The predicted molar refractivity (Wildman–Crippen MR) is 72.9 cm³/mol. The minimum atomic E-state index is -3.64. The summed E-state index contributed by atoms with van der Waals surface area (Å²) in [5.41, 5.74) is -0.459. The Morgan fingerprint density at radius 2 is 2.15 bits per heavy atom. The van der Waals surface area contributed by atoms with E-state index in [0.29, 0.717) is 5.69 Å². The molecule has 0 unspecified atom stereocenters. The smallest absolute Gasteiger partial charge is 0.357 e. The molecule has 7 nitrogen and oxygen atoms in total. The summed E-state index contributed by atoms with van der Waals surface area (Å²) in [5, 5.41) is 12.9. The standard InChI is InChI=1S/C11H17ClN2O5S/c1-11(2,4-5-20(12,17)18)19-10(16)9-6-8(7-15)13-14(9)3/h6,15H,4-5,7H2,1-3H3. The van der Waals surface area contributed by atoms with Crippen molar-refractivity contribution in [2.45, 2.75) is 32.5 Å². The summed E-state index contributed by atoms with van der Waals surface area (Å²) >= 11 is 0. The molecule has 0 aromatic carbocycles. The number of hydrogen-bond acceptors (Lipinski definition) is 6. The van der Waals surface area contributed by atoms with Gasteiger partial charge >= 0.3 is 5.97 Å². The topological polar surface area (TPSA) is 98.5 Å². The molecule has 0 atom stereocenters. The van der Waals surface area contributed by atoms with Gasteiger partial charge in [-0.2, -0.15) is 5.10 Å². The number of ether oxygens (including phenoxy) is 1. The summed E-state index contributed by atoms with van der Waals surface area (Å²) in [6.45, 7) is 2.90. The molecular formula is C11H17ClN2O5S. The molecule has 0 saturated heterocycles. The number of nitrogens with zero attached hydrogens (tertiary/aromatic N) is 2. The molecule has 0 bridgehead atoms. The van der Waals surface area contributed by atoms with Crippen LogP contribution >= 0.6 is 10.7 Å². The Kier molecular flexibility index (Phi) is 5.17. The third-order valence-corrected chi connectivity index (χ3v) is 3.77. The lowest BCUT2D eigenvalue weighted by Crippen LogP contribution is -2.30. The molecular weight excluding hydrogens is 308 g/mol. The van der Waals surface area contributed by atoms with Gasteiger partial charge < -0.3 is 9.84 Å². The first-order chi connectivity index (χ1) is 9.04. The molecule has 1 N–H and O–H groups in total. The van der Waals surface area contributed by atoms with E-state index in [1.807, 2.05) is 0 Å². The highest BCUT2D eigenvalue weighted by molar-refractivity contribution is 8.13. The number of aryl methyl sites for hydroxylation is 1. The van der Waals surface area contributed by atoms with Crippen LogP contribution in [0.1, 0.15) is 36.5 Å². The van der Waals surface area contributed by atoms with Crippen molar-refractivity contribution in [1.82, 2.24) is 9.78 Å². The van der Waals surface area contributed by atoms with Gasteiger partial charge in [0.25, 0.3) is 0 Å². The Morgan fingerprint density at radius 1 is 1.55 bits per heavy atom. The maximum Gasteiger partial charge on any atom is 0.357 e. The monoisotopic (exact) mass is 324 g/mol. The van der Waals surface area contributed by atoms with Gasteiger partial charge in [0.2, 0.25) is 9.05 Å². The first-order valence-electron chi connectivity index (χ1n) is 5.83. The van der Waals surface area contributed by atoms with E-state index < -0.39 is 20.6 Å². The van der Waals surface area contributed by atoms with Crippen molar-refractivity contribution in [2.24, 2.45) is 7.05 Å². The lowest BCUT2D eigenvalue weighted by Gasteiger charge is -2.24. The molecule has 0 aliphatic heterocycles. The summed E-state index contributed by atoms with van der Waals surface area (Å²) in [7, 11) is 3.04. The molecule has 1 heterocycles. The highest BCUT2D eigenvalue weighted by Gasteiger charge is 2.27. The van der Waals surface area contributed by atoms with Crippen molar-refractivity contribution < 1.29 is 23.1 Å². The molecule has 1 aromatic heterocycles. The number of aromatic nitrogens is 2. The van der Waals surface area contributed by atoms with Crippen molar-refractivity contribution >= 4 is 25.7 Å². The molecule has 1 aromatic rings. The molecule has 0 radical (unpaired) electrons. The quantitative estimate of drug-likeness (QED) is 0.614. The zero-order valence-electron chi connectivity index (χ0n) is 11.5. The minimum absolute atomic E-state index is 0.0787. The number of esters is 1. The maximum atomic E-state index is 12.0. The van der Waals surface area contributed by atoms with E-state index in [-0.39, 0.29) is 24.5 Å². The number of halogens is 1. The van der Waals surface area contributed by atoms with Crippen LogP contribution in [-0.4, -0.2) is 40.6 Å². The van der Waals surface area contributed by atoms with Crippen molar-refractivity contribution in [3.05, 3.63) is 17.5 Å². The predicted octanol–water partition coefficient (Wildman–Crippen LogP) is 0.806. The highest BCUT2D eigenvalue weighted by atomic mass is 35.7. The second-order valence-electron chi connectivity index (χ2n) is 4.94. The van der Waals surface area contributed by atoms with Crippen molar-refractivity contribution in [2.75, 3.05) is 5.75 Å². The van der Waals surface area contributed by atoms with Crippen LogP contribution in [0.2, 0.25) is 0 Å². The summed E-state index contributed by atoms with van der Waals surface area (Å²) in [4.78, 5) is 12.0. The third kappa shape index (κ3) is 5.10. The first-order valence-corrected chi connectivity index (χ1v) is 8.31. The molecule has 1 rings (SSSR count). The number of hydrogen-bond donors (Lipinski definition) is 1. The number of carbonyl (C=O) groups is 1. The zero-order chi connectivity index (χ0) is 15.6. The fourth-order valence-corrected chi connectivity index (χ4v) is 2.48. The Balaban J connectivity index is 2.75. The van der Waals surface area contributed by atoms with Crippen LogP contribution in [0, 0.1) is 0 Å². The first kappa shape index (κ1) is 16.9. The van der Waals surface area contributed by atoms with Crippen LogP contribution in [0.4, 0.5) is 0 Å². The molecule has 114 valence electrons. The van der Waals surface area contributed by atoms with Crippen molar-refractivity contribution in [1.29, 1.82) is 0 Å². The second kappa shape index (κ2) is 6.11. The van der Waals surface area contributed by atoms with Crippen molar-refractivity contribution in [3.8, 4) is 0 Å². The summed E-state index contributed by atoms with van der Waals surface area (Å²) in [6, 6.07) is 1.41. The van der Waals surface area contributed by atoms with Gasteiger partial charge in [0.05, 0.1) is 18.1 Å². The number of aliphatic hydroxyl groups is 1. The number of carbonyl (C=O) groups excluding carboxylic acids is 1.